The molecule has 7 heteroatoms. The first-order valence-electron chi connectivity index (χ1n) is 6.04. The molecule has 2 aromatic rings. The van der Waals surface area contributed by atoms with Gasteiger partial charge in [0.15, 0.2) is 9.84 Å². The van der Waals surface area contributed by atoms with Crippen LogP contribution in [0.15, 0.2) is 56.3 Å². The average Bonchev–Trinajstić information content (AvgIpc) is 2.40. The largest absolute Gasteiger partial charge is 0.493 e. The first kappa shape index (κ1) is 16.3. The first-order chi connectivity index (χ1) is 9.88. The number of sulfone groups is 1. The lowest BCUT2D eigenvalue weighted by atomic mass is 10.3. The van der Waals surface area contributed by atoms with Crippen LogP contribution in [0.1, 0.15) is 0 Å². The molecule has 0 spiro atoms. The zero-order valence-electron chi connectivity index (χ0n) is 10.9. The topological polar surface area (TPSA) is 69.4 Å². The molecule has 4 nitrogen and oxygen atoms in total. The molecule has 0 aliphatic rings. The number of hydrogen-bond donors (Lipinski definition) is 1. The minimum absolute atomic E-state index is 0.0689. The van der Waals surface area contributed by atoms with Crippen LogP contribution in [0.4, 0.5) is 5.69 Å². The summed E-state index contributed by atoms with van der Waals surface area (Å²) in [6.07, 6.45) is 0. The third kappa shape index (κ3) is 4.46. The quantitative estimate of drug-likeness (QED) is 0.729. The minimum Gasteiger partial charge on any atom is -0.493 e. The molecule has 112 valence electrons. The number of benzene rings is 2. The Morgan fingerprint density at radius 3 is 2.24 bits per heavy atom. The molecule has 0 fully saturated rings. The minimum atomic E-state index is -3.47. The molecule has 0 aromatic heterocycles. The molecule has 0 atom stereocenters. The average molecular weight is 435 g/mol. The highest BCUT2D eigenvalue weighted by molar-refractivity contribution is 9.10. The van der Waals surface area contributed by atoms with Gasteiger partial charge in [-0.2, -0.15) is 0 Å². The Labute approximate surface area is 140 Å². The molecule has 0 amide bonds. The van der Waals surface area contributed by atoms with Crippen molar-refractivity contribution in [2.45, 2.75) is 4.90 Å². The van der Waals surface area contributed by atoms with Crippen molar-refractivity contribution >= 4 is 47.4 Å². The molecule has 2 aromatic carbocycles. The van der Waals surface area contributed by atoms with Crippen LogP contribution >= 0.6 is 31.9 Å². The Balaban J connectivity index is 2.03. The Kier molecular flexibility index (Phi) is 5.29. The van der Waals surface area contributed by atoms with Crippen molar-refractivity contribution in [3.63, 3.8) is 0 Å². The summed E-state index contributed by atoms with van der Waals surface area (Å²) in [5, 5.41) is 0. The summed E-state index contributed by atoms with van der Waals surface area (Å²) < 4.78 is 31.6. The number of nitrogen functional groups attached to an aromatic ring is 1. The highest BCUT2D eigenvalue weighted by atomic mass is 79.9. The lowest BCUT2D eigenvalue weighted by molar-refractivity contribution is 0.341. The number of anilines is 1. The van der Waals surface area contributed by atoms with E-state index in [1.165, 1.54) is 6.07 Å². The third-order valence-corrected chi connectivity index (χ3v) is 5.51. The number of hydrogen-bond acceptors (Lipinski definition) is 4. The summed E-state index contributed by atoms with van der Waals surface area (Å²) in [5.74, 6) is 0.492. The first-order valence-corrected chi connectivity index (χ1v) is 9.28. The molecule has 2 N–H and O–H groups in total. The van der Waals surface area contributed by atoms with Gasteiger partial charge in [-0.15, -0.1) is 0 Å². The van der Waals surface area contributed by atoms with E-state index < -0.39 is 9.84 Å². The van der Waals surface area contributed by atoms with Gasteiger partial charge in [0.05, 0.1) is 16.3 Å². The van der Waals surface area contributed by atoms with E-state index in [2.05, 4.69) is 31.9 Å². The van der Waals surface area contributed by atoms with E-state index in [0.29, 0.717) is 5.75 Å². The lowest BCUT2D eigenvalue weighted by Gasteiger charge is -2.09. The highest BCUT2D eigenvalue weighted by Gasteiger charge is 2.17. The van der Waals surface area contributed by atoms with Gasteiger partial charge in [-0.1, -0.05) is 31.9 Å². The summed E-state index contributed by atoms with van der Waals surface area (Å²) in [6.45, 7) is 0.0689. The van der Waals surface area contributed by atoms with Crippen LogP contribution in [-0.2, 0) is 9.84 Å². The molecular formula is C14H13Br2NO3S. The molecule has 21 heavy (non-hydrogen) atoms. The van der Waals surface area contributed by atoms with Crippen LogP contribution in [0.2, 0.25) is 0 Å². The third-order valence-electron chi connectivity index (χ3n) is 2.74. The fraction of sp³-hybridized carbons (Fsp3) is 0.143. The number of ether oxygens (including phenoxy) is 1. The van der Waals surface area contributed by atoms with E-state index in [1.54, 1.807) is 24.3 Å². The lowest BCUT2D eigenvalue weighted by Crippen LogP contribution is -2.15. The van der Waals surface area contributed by atoms with Gasteiger partial charge < -0.3 is 10.5 Å². The fourth-order valence-electron chi connectivity index (χ4n) is 1.71. The van der Waals surface area contributed by atoms with Crippen molar-refractivity contribution in [3.05, 3.63) is 51.4 Å². The summed E-state index contributed by atoms with van der Waals surface area (Å²) >= 11 is 6.57. The van der Waals surface area contributed by atoms with E-state index in [-0.39, 0.29) is 22.9 Å². The van der Waals surface area contributed by atoms with E-state index in [9.17, 15) is 8.42 Å². The molecule has 0 aliphatic carbocycles. The van der Waals surface area contributed by atoms with Crippen LogP contribution in [0.5, 0.6) is 5.75 Å². The Morgan fingerprint density at radius 1 is 1.00 bits per heavy atom. The highest BCUT2D eigenvalue weighted by Crippen LogP contribution is 2.24. The second-order valence-corrected chi connectivity index (χ2v) is 8.21. The van der Waals surface area contributed by atoms with Gasteiger partial charge in [0, 0.05) is 8.95 Å². The molecular weight excluding hydrogens is 422 g/mol. The Morgan fingerprint density at radius 2 is 1.62 bits per heavy atom. The van der Waals surface area contributed by atoms with Gasteiger partial charge in [0.2, 0.25) is 0 Å². The molecule has 0 radical (unpaired) electrons. The fourth-order valence-corrected chi connectivity index (χ4v) is 3.57. The zero-order chi connectivity index (χ0) is 15.5. The van der Waals surface area contributed by atoms with Crippen molar-refractivity contribution in [2.75, 3.05) is 18.1 Å². The molecule has 0 saturated heterocycles. The molecule has 2 rings (SSSR count). The van der Waals surface area contributed by atoms with Crippen LogP contribution in [0.25, 0.3) is 0 Å². The van der Waals surface area contributed by atoms with E-state index in [0.717, 1.165) is 8.95 Å². The van der Waals surface area contributed by atoms with E-state index in [4.69, 9.17) is 10.5 Å². The maximum atomic E-state index is 12.2. The Bertz CT molecular complexity index is 730. The van der Waals surface area contributed by atoms with Crippen molar-refractivity contribution in [2.24, 2.45) is 0 Å². The number of nitrogens with two attached hydrogens (primary N) is 1. The number of halogens is 2. The van der Waals surface area contributed by atoms with Crippen LogP contribution in [0, 0.1) is 0 Å². The van der Waals surface area contributed by atoms with Gasteiger partial charge >= 0.3 is 0 Å². The summed E-state index contributed by atoms with van der Waals surface area (Å²) in [5.41, 5.74) is 5.98. The summed E-state index contributed by atoms with van der Waals surface area (Å²) in [7, 11) is -3.47. The second kappa shape index (κ2) is 6.81. The van der Waals surface area contributed by atoms with Gasteiger partial charge in [-0.05, 0) is 42.5 Å². The summed E-state index contributed by atoms with van der Waals surface area (Å²) in [4.78, 5) is 0.130. The second-order valence-electron chi connectivity index (χ2n) is 4.30. The maximum absolute atomic E-state index is 12.2. The molecule has 0 aliphatic heterocycles. The van der Waals surface area contributed by atoms with Gasteiger partial charge in [-0.3, -0.25) is 0 Å². The van der Waals surface area contributed by atoms with Crippen molar-refractivity contribution in [3.8, 4) is 5.75 Å². The predicted molar refractivity (Wildman–Crippen MR) is 90.2 cm³/mol. The molecule has 0 unspecified atom stereocenters. The monoisotopic (exact) mass is 433 g/mol. The van der Waals surface area contributed by atoms with Crippen molar-refractivity contribution in [1.82, 2.24) is 0 Å². The summed E-state index contributed by atoms with van der Waals surface area (Å²) in [6, 6.07) is 11.9. The SMILES string of the molecule is Nc1cc(Br)ccc1S(=O)(=O)CCOc1ccc(Br)cc1. The number of rotatable bonds is 5. The molecule has 0 heterocycles. The van der Waals surface area contributed by atoms with E-state index in [1.807, 2.05) is 12.1 Å². The Hall–Kier alpha value is -1.05. The zero-order valence-corrected chi connectivity index (χ0v) is 14.9. The van der Waals surface area contributed by atoms with Gasteiger partial charge in [0.25, 0.3) is 0 Å². The van der Waals surface area contributed by atoms with E-state index >= 15 is 0 Å². The van der Waals surface area contributed by atoms with Crippen LogP contribution < -0.4 is 10.5 Å². The van der Waals surface area contributed by atoms with Gasteiger partial charge in [0.1, 0.15) is 12.4 Å². The molecule has 0 saturated carbocycles. The maximum Gasteiger partial charge on any atom is 0.183 e. The van der Waals surface area contributed by atoms with Crippen LogP contribution in [-0.4, -0.2) is 20.8 Å². The molecule has 0 bridgehead atoms. The smallest absolute Gasteiger partial charge is 0.183 e. The normalized spacial score (nSPS) is 11.3. The van der Waals surface area contributed by atoms with Gasteiger partial charge in [-0.25, -0.2) is 8.42 Å². The van der Waals surface area contributed by atoms with Crippen molar-refractivity contribution < 1.29 is 13.2 Å². The predicted octanol–water partition coefficient (Wildman–Crippen LogP) is 3.65. The van der Waals surface area contributed by atoms with Crippen molar-refractivity contribution in [1.29, 1.82) is 0 Å². The standard InChI is InChI=1S/C14H13Br2NO3S/c15-10-1-4-12(5-2-10)20-7-8-21(18,19)14-6-3-11(16)9-13(14)17/h1-6,9H,7-8,17H2. The van der Waals surface area contributed by atoms with Crippen LogP contribution in [0.3, 0.4) is 0 Å².